The molecule has 0 saturated carbocycles. The molecule has 10 heteroatoms. The van der Waals surface area contributed by atoms with E-state index in [4.69, 9.17) is 0 Å². The molecule has 0 radical (unpaired) electrons. The summed E-state index contributed by atoms with van der Waals surface area (Å²) in [7, 11) is 0. The summed E-state index contributed by atoms with van der Waals surface area (Å²) in [6.45, 7) is 3.46. The van der Waals surface area contributed by atoms with Gasteiger partial charge in [0.25, 0.3) is 5.69 Å². The van der Waals surface area contributed by atoms with Gasteiger partial charge in [0, 0.05) is 21.9 Å². The van der Waals surface area contributed by atoms with Gasteiger partial charge in [-0.25, -0.2) is 23.5 Å². The Labute approximate surface area is 161 Å². The average Bonchev–Trinajstić information content (AvgIpc) is 2.67. The lowest BCUT2D eigenvalue weighted by Crippen LogP contribution is -2.48. The minimum atomic E-state index is -0.828. The van der Waals surface area contributed by atoms with Crippen LogP contribution in [0.5, 0.6) is 0 Å². The number of nitro benzene ring substituents is 1. The number of nitrogens with zero attached hydrogens (tertiary/aromatic N) is 3. The van der Waals surface area contributed by atoms with E-state index in [1.54, 1.807) is 36.4 Å². The van der Waals surface area contributed by atoms with Gasteiger partial charge in [-0.1, -0.05) is 17.8 Å². The Morgan fingerprint density at radius 2 is 1.57 bits per heavy atom. The zero-order valence-corrected chi connectivity index (χ0v) is 15.2. The summed E-state index contributed by atoms with van der Waals surface area (Å²) in [5.41, 5.74) is -2.07. The standard InChI is InChI=1S/C18H14N4O5S/c1-2-11-20-16(23)19-17(24)21(18(20)25)12-3-7-14(8-4-12)28-15-9-5-13(6-10-15)22(26)27/h2-10H,1,11H2,(H,19,23,24). The molecule has 1 aromatic heterocycles. The second kappa shape index (κ2) is 7.92. The van der Waals surface area contributed by atoms with Crippen LogP contribution >= 0.6 is 11.8 Å². The summed E-state index contributed by atoms with van der Waals surface area (Å²) in [4.78, 5) is 50.3. The van der Waals surface area contributed by atoms with Crippen molar-refractivity contribution in [1.82, 2.24) is 14.1 Å². The zero-order valence-electron chi connectivity index (χ0n) is 14.4. The normalized spacial score (nSPS) is 10.6. The van der Waals surface area contributed by atoms with Crippen molar-refractivity contribution in [2.24, 2.45) is 0 Å². The van der Waals surface area contributed by atoms with Crippen molar-refractivity contribution >= 4 is 17.4 Å². The highest BCUT2D eigenvalue weighted by atomic mass is 32.2. The highest BCUT2D eigenvalue weighted by Crippen LogP contribution is 2.29. The maximum atomic E-state index is 12.5. The molecule has 0 bridgehead atoms. The lowest BCUT2D eigenvalue weighted by atomic mass is 10.3. The molecule has 2 aromatic carbocycles. The van der Waals surface area contributed by atoms with Gasteiger partial charge in [-0.15, -0.1) is 6.58 Å². The third-order valence-corrected chi connectivity index (χ3v) is 4.79. The van der Waals surface area contributed by atoms with Crippen LogP contribution < -0.4 is 17.1 Å². The molecule has 1 N–H and O–H groups in total. The van der Waals surface area contributed by atoms with Crippen LogP contribution in [0.1, 0.15) is 0 Å². The molecule has 142 valence electrons. The van der Waals surface area contributed by atoms with E-state index in [9.17, 15) is 24.5 Å². The number of benzene rings is 2. The molecule has 9 nitrogen and oxygen atoms in total. The Morgan fingerprint density at radius 3 is 2.11 bits per heavy atom. The molecule has 0 aliphatic heterocycles. The SMILES string of the molecule is C=CCn1c(=O)[nH]c(=O)n(-c2ccc(Sc3ccc([N+](=O)[O-])cc3)cc2)c1=O. The van der Waals surface area contributed by atoms with Crippen LogP contribution in [0.25, 0.3) is 5.69 Å². The third kappa shape index (κ3) is 3.86. The van der Waals surface area contributed by atoms with Crippen molar-refractivity contribution in [3.8, 4) is 5.69 Å². The van der Waals surface area contributed by atoms with Crippen LogP contribution in [0.15, 0.2) is 85.4 Å². The van der Waals surface area contributed by atoms with E-state index in [2.05, 4.69) is 11.6 Å². The fraction of sp³-hybridized carbons (Fsp3) is 0.0556. The number of H-pyrrole nitrogens is 1. The van der Waals surface area contributed by atoms with E-state index in [1.807, 2.05) is 0 Å². The van der Waals surface area contributed by atoms with Crippen LogP contribution in [0, 0.1) is 10.1 Å². The van der Waals surface area contributed by atoms with Crippen molar-refractivity contribution in [3.63, 3.8) is 0 Å². The van der Waals surface area contributed by atoms with Crippen LogP contribution in [0.4, 0.5) is 5.69 Å². The number of aromatic nitrogens is 3. The third-order valence-electron chi connectivity index (χ3n) is 3.77. The number of non-ortho nitro benzene ring substituents is 1. The molecule has 0 aliphatic carbocycles. The molecule has 3 rings (SSSR count). The molecule has 0 unspecified atom stereocenters. The van der Waals surface area contributed by atoms with Crippen molar-refractivity contribution in [2.45, 2.75) is 16.3 Å². The summed E-state index contributed by atoms with van der Waals surface area (Å²) in [5, 5.41) is 10.7. The lowest BCUT2D eigenvalue weighted by Gasteiger charge is -2.08. The Balaban J connectivity index is 1.91. The van der Waals surface area contributed by atoms with Crippen LogP contribution in [0.2, 0.25) is 0 Å². The van der Waals surface area contributed by atoms with Crippen molar-refractivity contribution < 1.29 is 4.92 Å². The van der Waals surface area contributed by atoms with Gasteiger partial charge in [-0.05, 0) is 36.4 Å². The smallest absolute Gasteiger partial charge is 0.258 e. The first kappa shape index (κ1) is 19.1. The van der Waals surface area contributed by atoms with E-state index in [-0.39, 0.29) is 12.2 Å². The Bertz CT molecular complexity index is 1210. The number of hydrogen-bond donors (Lipinski definition) is 1. The quantitative estimate of drug-likeness (QED) is 0.385. The molecule has 0 fully saturated rings. The molecule has 1 heterocycles. The number of nitro groups is 1. The van der Waals surface area contributed by atoms with Crippen molar-refractivity contribution in [1.29, 1.82) is 0 Å². The fourth-order valence-corrected chi connectivity index (χ4v) is 3.28. The largest absolute Gasteiger partial charge is 0.341 e. The van der Waals surface area contributed by atoms with Gasteiger partial charge in [0.2, 0.25) is 0 Å². The molecule has 0 aliphatic rings. The minimum absolute atomic E-state index is 0.00736. The Hall–Kier alpha value is -3.66. The number of rotatable bonds is 6. The first-order valence-corrected chi connectivity index (χ1v) is 8.82. The highest BCUT2D eigenvalue weighted by Gasteiger charge is 2.11. The summed E-state index contributed by atoms with van der Waals surface area (Å²) in [5.74, 6) is 0. The molecular formula is C18H14N4O5S. The summed E-state index contributed by atoms with van der Waals surface area (Å²) >= 11 is 1.37. The van der Waals surface area contributed by atoms with E-state index in [0.717, 1.165) is 18.9 Å². The maximum Gasteiger partial charge on any atom is 0.341 e. The summed E-state index contributed by atoms with van der Waals surface area (Å²) < 4.78 is 1.74. The molecule has 0 amide bonds. The first-order chi connectivity index (χ1) is 13.4. The number of aromatic amines is 1. The van der Waals surface area contributed by atoms with Crippen LogP contribution in [0.3, 0.4) is 0 Å². The monoisotopic (exact) mass is 398 g/mol. The van der Waals surface area contributed by atoms with Gasteiger partial charge >= 0.3 is 17.1 Å². The average molecular weight is 398 g/mol. The first-order valence-electron chi connectivity index (χ1n) is 8.00. The maximum absolute atomic E-state index is 12.5. The Morgan fingerprint density at radius 1 is 1.00 bits per heavy atom. The summed E-state index contributed by atoms with van der Waals surface area (Å²) in [6, 6.07) is 12.7. The van der Waals surface area contributed by atoms with Crippen LogP contribution in [-0.4, -0.2) is 19.0 Å². The van der Waals surface area contributed by atoms with Crippen molar-refractivity contribution in [3.05, 3.63) is 103 Å². The minimum Gasteiger partial charge on any atom is -0.258 e. The number of hydrogen-bond acceptors (Lipinski definition) is 6. The van der Waals surface area contributed by atoms with Gasteiger partial charge < -0.3 is 0 Å². The molecule has 28 heavy (non-hydrogen) atoms. The zero-order chi connectivity index (χ0) is 20.3. The molecular weight excluding hydrogens is 384 g/mol. The van der Waals surface area contributed by atoms with E-state index < -0.39 is 22.0 Å². The molecule has 0 saturated heterocycles. The second-order valence-corrected chi connectivity index (χ2v) is 6.75. The van der Waals surface area contributed by atoms with E-state index in [1.165, 1.54) is 30.0 Å². The van der Waals surface area contributed by atoms with Gasteiger partial charge in [0.1, 0.15) is 0 Å². The molecule has 0 atom stereocenters. The van der Waals surface area contributed by atoms with Crippen molar-refractivity contribution in [2.75, 3.05) is 0 Å². The predicted molar refractivity (Wildman–Crippen MR) is 104 cm³/mol. The van der Waals surface area contributed by atoms with Gasteiger partial charge in [0.15, 0.2) is 0 Å². The topological polar surface area (TPSA) is 120 Å². The van der Waals surface area contributed by atoms with Gasteiger partial charge in [-0.2, -0.15) is 0 Å². The van der Waals surface area contributed by atoms with Crippen LogP contribution in [-0.2, 0) is 6.54 Å². The summed E-state index contributed by atoms with van der Waals surface area (Å²) in [6.07, 6.45) is 1.38. The second-order valence-electron chi connectivity index (χ2n) is 5.60. The Kier molecular flexibility index (Phi) is 5.41. The van der Waals surface area contributed by atoms with E-state index >= 15 is 0 Å². The number of nitrogens with one attached hydrogen (secondary N) is 1. The molecule has 0 spiro atoms. The number of allylic oxidation sites excluding steroid dienone is 1. The molecule has 3 aromatic rings. The lowest BCUT2D eigenvalue weighted by molar-refractivity contribution is -0.384. The fourth-order valence-electron chi connectivity index (χ4n) is 2.46. The van der Waals surface area contributed by atoms with Gasteiger partial charge in [-0.3, -0.25) is 15.1 Å². The highest BCUT2D eigenvalue weighted by molar-refractivity contribution is 7.99. The van der Waals surface area contributed by atoms with E-state index in [0.29, 0.717) is 5.69 Å². The predicted octanol–water partition coefficient (Wildman–Crippen LogP) is 1.93. The van der Waals surface area contributed by atoms with Gasteiger partial charge in [0.05, 0.1) is 17.2 Å².